The molecule has 0 spiro atoms. The number of benzene rings is 2. The Morgan fingerprint density at radius 2 is 1.87 bits per heavy atom. The molecule has 0 atom stereocenters. The first kappa shape index (κ1) is 23.1. The number of amides is 1. The maximum atomic E-state index is 13.7. The fraction of sp³-hybridized carbons (Fsp3) is 0.348. The molecule has 2 aromatic rings. The maximum Gasteiger partial charge on any atom is 0.305 e. The van der Waals surface area contributed by atoms with Crippen molar-refractivity contribution in [3.05, 3.63) is 65.5 Å². The standard InChI is InChI=1S/C23H27FN2O4/c1-2-30-22(29)11-7-14-25-21(28)10-6-15-26-23(17-8-4-3-5-9-17)19-16-18(24)12-13-20(19)27/h3-5,8-9,12-13,16,27H,2,6-7,10-11,14-15H2,1H3,(H,25,28). The second kappa shape index (κ2) is 12.4. The largest absolute Gasteiger partial charge is 0.507 e. The number of hydrogen-bond donors (Lipinski definition) is 2. The van der Waals surface area contributed by atoms with Crippen LogP contribution in [0.1, 0.15) is 43.7 Å². The van der Waals surface area contributed by atoms with Crippen LogP contribution in [0.2, 0.25) is 0 Å². The first-order chi connectivity index (χ1) is 14.5. The number of esters is 1. The number of halogens is 1. The Kier molecular flexibility index (Phi) is 9.51. The van der Waals surface area contributed by atoms with E-state index < -0.39 is 5.82 Å². The van der Waals surface area contributed by atoms with Gasteiger partial charge in [-0.25, -0.2) is 4.39 Å². The third-order valence-corrected chi connectivity index (χ3v) is 4.28. The summed E-state index contributed by atoms with van der Waals surface area (Å²) in [6.07, 6.45) is 1.58. The molecule has 0 unspecified atom stereocenters. The van der Waals surface area contributed by atoms with Crippen LogP contribution in [0, 0.1) is 5.82 Å². The summed E-state index contributed by atoms with van der Waals surface area (Å²) in [7, 11) is 0. The summed E-state index contributed by atoms with van der Waals surface area (Å²) in [6.45, 7) is 2.86. The minimum absolute atomic E-state index is 0.0571. The highest BCUT2D eigenvalue weighted by Crippen LogP contribution is 2.22. The number of phenolic OH excluding ortho intramolecular Hbond substituents is 1. The Morgan fingerprint density at radius 3 is 2.60 bits per heavy atom. The quantitative estimate of drug-likeness (QED) is 0.334. The smallest absolute Gasteiger partial charge is 0.305 e. The van der Waals surface area contributed by atoms with Crippen LogP contribution in [0.3, 0.4) is 0 Å². The maximum absolute atomic E-state index is 13.7. The lowest BCUT2D eigenvalue weighted by molar-refractivity contribution is -0.143. The third kappa shape index (κ3) is 7.66. The molecule has 0 bridgehead atoms. The molecule has 1 amide bonds. The van der Waals surface area contributed by atoms with Crippen LogP contribution < -0.4 is 5.32 Å². The van der Waals surface area contributed by atoms with Crippen LogP contribution in [0.25, 0.3) is 0 Å². The van der Waals surface area contributed by atoms with Crippen LogP contribution in [-0.4, -0.2) is 42.4 Å². The summed E-state index contributed by atoms with van der Waals surface area (Å²) in [5.41, 5.74) is 1.54. The highest BCUT2D eigenvalue weighted by atomic mass is 19.1. The van der Waals surface area contributed by atoms with Crippen LogP contribution in [-0.2, 0) is 14.3 Å². The van der Waals surface area contributed by atoms with Crippen molar-refractivity contribution in [2.24, 2.45) is 4.99 Å². The molecule has 2 aromatic carbocycles. The normalized spacial score (nSPS) is 11.2. The van der Waals surface area contributed by atoms with E-state index in [1.807, 2.05) is 30.3 Å². The number of carbonyl (C=O) groups is 2. The second-order valence-electron chi connectivity index (χ2n) is 6.62. The van der Waals surface area contributed by atoms with E-state index in [2.05, 4.69) is 10.3 Å². The number of rotatable bonds is 11. The second-order valence-corrected chi connectivity index (χ2v) is 6.62. The lowest BCUT2D eigenvalue weighted by Gasteiger charge is -2.10. The predicted molar refractivity (Wildman–Crippen MR) is 113 cm³/mol. The first-order valence-electron chi connectivity index (χ1n) is 10.0. The van der Waals surface area contributed by atoms with Crippen molar-refractivity contribution in [1.29, 1.82) is 0 Å². The molecule has 2 rings (SSSR count). The lowest BCUT2D eigenvalue weighted by Crippen LogP contribution is -2.25. The summed E-state index contributed by atoms with van der Waals surface area (Å²) in [6, 6.07) is 12.9. The zero-order chi connectivity index (χ0) is 21.8. The zero-order valence-electron chi connectivity index (χ0n) is 17.1. The molecule has 160 valence electrons. The van der Waals surface area contributed by atoms with Gasteiger partial charge in [0, 0.05) is 37.1 Å². The number of aliphatic imine (C=N–C) groups is 1. The molecule has 0 aliphatic rings. The molecule has 0 heterocycles. The van der Waals surface area contributed by atoms with Gasteiger partial charge in [-0.15, -0.1) is 0 Å². The van der Waals surface area contributed by atoms with Crippen LogP contribution in [0.4, 0.5) is 4.39 Å². The number of nitrogens with one attached hydrogen (secondary N) is 1. The van der Waals surface area contributed by atoms with E-state index in [-0.39, 0.29) is 30.5 Å². The Labute approximate surface area is 175 Å². The monoisotopic (exact) mass is 414 g/mol. The molecule has 0 aromatic heterocycles. The number of carbonyl (C=O) groups excluding carboxylic acids is 2. The highest BCUT2D eigenvalue weighted by Gasteiger charge is 2.13. The van der Waals surface area contributed by atoms with E-state index >= 15 is 0 Å². The van der Waals surface area contributed by atoms with Crippen molar-refractivity contribution in [3.63, 3.8) is 0 Å². The Bertz CT molecular complexity index is 869. The van der Waals surface area contributed by atoms with E-state index in [0.29, 0.717) is 43.8 Å². The summed E-state index contributed by atoms with van der Waals surface area (Å²) < 4.78 is 18.5. The van der Waals surface area contributed by atoms with Gasteiger partial charge in [-0.2, -0.15) is 0 Å². The predicted octanol–water partition coefficient (Wildman–Crippen LogP) is 3.61. The number of phenols is 1. The number of hydrogen-bond acceptors (Lipinski definition) is 5. The van der Waals surface area contributed by atoms with E-state index in [1.54, 1.807) is 6.92 Å². The van der Waals surface area contributed by atoms with Crippen LogP contribution in [0.5, 0.6) is 5.75 Å². The topological polar surface area (TPSA) is 88.0 Å². The van der Waals surface area contributed by atoms with E-state index in [0.717, 1.165) is 5.56 Å². The fourth-order valence-corrected chi connectivity index (χ4v) is 2.84. The Morgan fingerprint density at radius 1 is 1.10 bits per heavy atom. The zero-order valence-corrected chi connectivity index (χ0v) is 17.1. The van der Waals surface area contributed by atoms with Gasteiger partial charge in [-0.1, -0.05) is 30.3 Å². The van der Waals surface area contributed by atoms with E-state index in [1.165, 1.54) is 18.2 Å². The number of nitrogens with zero attached hydrogens (tertiary/aromatic N) is 1. The van der Waals surface area contributed by atoms with Crippen molar-refractivity contribution < 1.29 is 23.8 Å². The van der Waals surface area contributed by atoms with Crippen molar-refractivity contribution in [2.45, 2.75) is 32.6 Å². The lowest BCUT2D eigenvalue weighted by atomic mass is 10.0. The van der Waals surface area contributed by atoms with Crippen molar-refractivity contribution in [1.82, 2.24) is 5.32 Å². The molecule has 0 saturated carbocycles. The molecular weight excluding hydrogens is 387 g/mol. The molecule has 7 heteroatoms. The molecule has 0 radical (unpaired) electrons. The average Bonchev–Trinajstić information content (AvgIpc) is 2.74. The van der Waals surface area contributed by atoms with Gasteiger partial charge in [-0.3, -0.25) is 14.6 Å². The van der Waals surface area contributed by atoms with Gasteiger partial charge in [0.15, 0.2) is 0 Å². The van der Waals surface area contributed by atoms with E-state index in [4.69, 9.17) is 4.74 Å². The van der Waals surface area contributed by atoms with Crippen molar-refractivity contribution >= 4 is 17.6 Å². The third-order valence-electron chi connectivity index (χ3n) is 4.28. The van der Waals surface area contributed by atoms with Gasteiger partial charge in [0.25, 0.3) is 0 Å². The summed E-state index contributed by atoms with van der Waals surface area (Å²) in [4.78, 5) is 27.7. The molecule has 30 heavy (non-hydrogen) atoms. The van der Waals surface area contributed by atoms with Crippen LogP contribution >= 0.6 is 0 Å². The van der Waals surface area contributed by atoms with Gasteiger partial charge in [0.05, 0.1) is 12.3 Å². The molecule has 6 nitrogen and oxygen atoms in total. The fourth-order valence-electron chi connectivity index (χ4n) is 2.84. The highest BCUT2D eigenvalue weighted by molar-refractivity contribution is 6.14. The molecule has 0 fully saturated rings. The SMILES string of the molecule is CCOC(=O)CCCNC(=O)CCCN=C(c1ccccc1)c1cc(F)ccc1O. The molecular formula is C23H27FN2O4. The molecule has 0 aliphatic heterocycles. The van der Waals surface area contributed by atoms with Gasteiger partial charge >= 0.3 is 5.97 Å². The van der Waals surface area contributed by atoms with Crippen LogP contribution in [0.15, 0.2) is 53.5 Å². The number of ether oxygens (including phenoxy) is 1. The molecule has 2 N–H and O–H groups in total. The average molecular weight is 414 g/mol. The molecule has 0 aliphatic carbocycles. The minimum atomic E-state index is -0.464. The molecule has 0 saturated heterocycles. The first-order valence-corrected chi connectivity index (χ1v) is 10.0. The van der Waals surface area contributed by atoms with Crippen molar-refractivity contribution in [3.8, 4) is 5.75 Å². The Balaban J connectivity index is 1.90. The van der Waals surface area contributed by atoms with Gasteiger partial charge in [0.1, 0.15) is 11.6 Å². The van der Waals surface area contributed by atoms with E-state index in [9.17, 15) is 19.1 Å². The summed E-state index contributed by atoms with van der Waals surface area (Å²) in [5.74, 6) is -0.911. The van der Waals surface area contributed by atoms with Crippen molar-refractivity contribution in [2.75, 3.05) is 19.7 Å². The van der Waals surface area contributed by atoms with Gasteiger partial charge in [0.2, 0.25) is 5.91 Å². The number of aromatic hydroxyl groups is 1. The summed E-state index contributed by atoms with van der Waals surface area (Å²) >= 11 is 0. The Hall–Kier alpha value is -3.22. The minimum Gasteiger partial charge on any atom is -0.507 e. The van der Waals surface area contributed by atoms with Gasteiger partial charge < -0.3 is 15.2 Å². The summed E-state index contributed by atoms with van der Waals surface area (Å²) in [5, 5.41) is 12.9. The van der Waals surface area contributed by atoms with Gasteiger partial charge in [-0.05, 0) is 38.0 Å².